The molecular weight excluding hydrogens is 152 g/mol. The molecule has 62 valence electrons. The van der Waals surface area contributed by atoms with Crippen molar-refractivity contribution in [2.45, 2.75) is 25.2 Å². The van der Waals surface area contributed by atoms with E-state index in [4.69, 9.17) is 0 Å². The molecule has 1 aliphatic rings. The van der Waals surface area contributed by atoms with Crippen molar-refractivity contribution in [1.82, 2.24) is 0 Å². The molecule has 1 fully saturated rings. The lowest BCUT2D eigenvalue weighted by molar-refractivity contribution is -0.0777. The molecule has 0 radical (unpaired) electrons. The maximum Gasteiger partial charge on any atom is 0.270 e. The van der Waals surface area contributed by atoms with Crippen molar-refractivity contribution in [3.8, 4) is 0 Å². The summed E-state index contributed by atoms with van der Waals surface area (Å²) in [5, 5.41) is 0. The number of alkyl halides is 2. The molecule has 0 bridgehead atoms. The van der Waals surface area contributed by atoms with Gasteiger partial charge in [-0.2, -0.15) is 4.99 Å². The van der Waals surface area contributed by atoms with E-state index in [9.17, 15) is 13.6 Å². The highest BCUT2D eigenvalue weighted by atomic mass is 19.3. The van der Waals surface area contributed by atoms with Crippen LogP contribution in [0.4, 0.5) is 8.78 Å². The lowest BCUT2D eigenvalue weighted by atomic mass is 9.80. The molecule has 0 N–H and O–H groups in total. The van der Waals surface area contributed by atoms with Gasteiger partial charge in [-0.3, -0.25) is 0 Å². The lowest BCUT2D eigenvalue weighted by Gasteiger charge is -2.31. The molecule has 0 amide bonds. The normalized spacial score (nSPS) is 18.7. The van der Waals surface area contributed by atoms with E-state index in [1.54, 1.807) is 0 Å². The predicted octanol–water partition coefficient (Wildman–Crippen LogP) is 1.76. The standard InChI is InChI=1S/C7H9F2NO/c8-7(9,4-10-5-11)6-2-1-3-6/h6H,1-4H2. The number of aliphatic imine (C=N–C) groups is 1. The van der Waals surface area contributed by atoms with Crippen molar-refractivity contribution >= 4 is 6.08 Å². The topological polar surface area (TPSA) is 29.4 Å². The summed E-state index contributed by atoms with van der Waals surface area (Å²) in [5.74, 6) is -3.34. The van der Waals surface area contributed by atoms with Crippen LogP contribution in [0.5, 0.6) is 0 Å². The summed E-state index contributed by atoms with van der Waals surface area (Å²) in [4.78, 5) is 12.4. The average Bonchev–Trinajstić information content (AvgIpc) is 1.78. The number of hydrogen-bond donors (Lipinski definition) is 0. The molecule has 1 aliphatic carbocycles. The Hall–Kier alpha value is -0.760. The Morgan fingerprint density at radius 1 is 1.55 bits per heavy atom. The molecule has 0 atom stereocenters. The van der Waals surface area contributed by atoms with Crippen LogP contribution in [0, 0.1) is 5.92 Å². The van der Waals surface area contributed by atoms with Crippen LogP contribution in [0.15, 0.2) is 4.99 Å². The lowest BCUT2D eigenvalue weighted by Crippen LogP contribution is -2.36. The first-order valence-corrected chi connectivity index (χ1v) is 3.58. The third-order valence-corrected chi connectivity index (χ3v) is 2.06. The first-order chi connectivity index (χ1) is 5.17. The van der Waals surface area contributed by atoms with Crippen molar-refractivity contribution in [1.29, 1.82) is 0 Å². The summed E-state index contributed by atoms with van der Waals surface area (Å²) in [6, 6.07) is 0. The number of rotatable bonds is 3. The molecule has 1 saturated carbocycles. The minimum atomic E-state index is -2.78. The molecule has 0 heterocycles. The van der Waals surface area contributed by atoms with Gasteiger partial charge in [0.2, 0.25) is 6.08 Å². The second-order valence-corrected chi connectivity index (χ2v) is 2.80. The fourth-order valence-electron chi connectivity index (χ4n) is 1.10. The highest BCUT2D eigenvalue weighted by molar-refractivity contribution is 5.33. The third kappa shape index (κ3) is 1.84. The summed E-state index contributed by atoms with van der Waals surface area (Å²) in [5.41, 5.74) is 0. The first kappa shape index (κ1) is 8.34. The van der Waals surface area contributed by atoms with Gasteiger partial charge in [-0.25, -0.2) is 13.6 Å². The van der Waals surface area contributed by atoms with Crippen LogP contribution in [0.1, 0.15) is 19.3 Å². The van der Waals surface area contributed by atoms with E-state index in [-0.39, 0.29) is 0 Å². The van der Waals surface area contributed by atoms with E-state index in [1.807, 2.05) is 0 Å². The minimum absolute atomic E-state index is 0.556. The second kappa shape index (κ2) is 3.09. The molecule has 0 aromatic heterocycles. The van der Waals surface area contributed by atoms with Crippen molar-refractivity contribution in [2.24, 2.45) is 10.9 Å². The fraction of sp³-hybridized carbons (Fsp3) is 0.857. The number of nitrogens with zero attached hydrogens (tertiary/aromatic N) is 1. The van der Waals surface area contributed by atoms with Crippen molar-refractivity contribution in [3.05, 3.63) is 0 Å². The number of halogens is 2. The Kier molecular flexibility index (Phi) is 2.35. The molecule has 0 unspecified atom stereocenters. The van der Waals surface area contributed by atoms with E-state index in [0.29, 0.717) is 12.8 Å². The van der Waals surface area contributed by atoms with Crippen molar-refractivity contribution in [2.75, 3.05) is 6.54 Å². The predicted molar refractivity (Wildman–Crippen MR) is 35.3 cm³/mol. The summed E-state index contributed by atoms with van der Waals surface area (Å²) in [6.07, 6.45) is 3.10. The molecule has 2 nitrogen and oxygen atoms in total. The van der Waals surface area contributed by atoms with Crippen LogP contribution in [0.3, 0.4) is 0 Å². The highest BCUT2D eigenvalue weighted by Gasteiger charge is 2.42. The van der Waals surface area contributed by atoms with Crippen LogP contribution in [0.2, 0.25) is 0 Å². The molecule has 0 aromatic carbocycles. The zero-order chi connectivity index (χ0) is 8.32. The van der Waals surface area contributed by atoms with Crippen molar-refractivity contribution in [3.63, 3.8) is 0 Å². The van der Waals surface area contributed by atoms with Crippen LogP contribution in [0.25, 0.3) is 0 Å². The Bertz CT molecular complexity index is 183. The molecule has 0 saturated heterocycles. The van der Waals surface area contributed by atoms with Gasteiger partial charge < -0.3 is 0 Å². The zero-order valence-corrected chi connectivity index (χ0v) is 6.02. The Balaban J connectivity index is 2.43. The quantitative estimate of drug-likeness (QED) is 0.458. The molecule has 0 spiro atoms. The molecular formula is C7H9F2NO. The molecule has 4 heteroatoms. The zero-order valence-electron chi connectivity index (χ0n) is 6.02. The van der Waals surface area contributed by atoms with Crippen LogP contribution in [-0.2, 0) is 4.79 Å². The number of hydrogen-bond acceptors (Lipinski definition) is 2. The number of carbonyl (C=O) groups excluding carboxylic acids is 1. The van der Waals surface area contributed by atoms with Crippen LogP contribution in [-0.4, -0.2) is 18.5 Å². The van der Waals surface area contributed by atoms with E-state index < -0.39 is 18.4 Å². The van der Waals surface area contributed by atoms with Gasteiger partial charge in [0.25, 0.3) is 5.92 Å². The Morgan fingerprint density at radius 3 is 2.55 bits per heavy atom. The maximum absolute atomic E-state index is 12.8. The van der Waals surface area contributed by atoms with E-state index in [1.165, 1.54) is 0 Å². The minimum Gasteiger partial charge on any atom is -0.211 e. The van der Waals surface area contributed by atoms with E-state index in [0.717, 1.165) is 12.5 Å². The Morgan fingerprint density at radius 2 is 2.18 bits per heavy atom. The Labute approximate surface area is 63.3 Å². The second-order valence-electron chi connectivity index (χ2n) is 2.80. The van der Waals surface area contributed by atoms with Gasteiger partial charge in [-0.1, -0.05) is 6.42 Å². The largest absolute Gasteiger partial charge is 0.270 e. The summed E-state index contributed by atoms with van der Waals surface area (Å²) in [7, 11) is 0. The van der Waals surface area contributed by atoms with Gasteiger partial charge >= 0.3 is 0 Å². The van der Waals surface area contributed by atoms with Gasteiger partial charge in [0.15, 0.2) is 0 Å². The molecule has 0 aliphatic heterocycles. The van der Waals surface area contributed by atoms with Crippen LogP contribution >= 0.6 is 0 Å². The molecule has 0 aromatic rings. The van der Waals surface area contributed by atoms with E-state index in [2.05, 4.69) is 4.99 Å². The summed E-state index contributed by atoms with van der Waals surface area (Å²) in [6.45, 7) is -0.693. The first-order valence-electron chi connectivity index (χ1n) is 3.58. The molecule has 11 heavy (non-hydrogen) atoms. The van der Waals surface area contributed by atoms with Gasteiger partial charge in [-0.15, -0.1) is 0 Å². The highest BCUT2D eigenvalue weighted by Crippen LogP contribution is 2.39. The van der Waals surface area contributed by atoms with Gasteiger partial charge in [0, 0.05) is 5.92 Å². The fourth-order valence-corrected chi connectivity index (χ4v) is 1.10. The van der Waals surface area contributed by atoms with Gasteiger partial charge in [0.05, 0.1) is 0 Å². The number of isocyanates is 1. The maximum atomic E-state index is 12.8. The van der Waals surface area contributed by atoms with E-state index >= 15 is 0 Å². The van der Waals surface area contributed by atoms with Gasteiger partial charge in [0.1, 0.15) is 6.54 Å². The SMILES string of the molecule is O=C=NCC(F)(F)C1CCC1. The van der Waals surface area contributed by atoms with Crippen LogP contribution < -0.4 is 0 Å². The third-order valence-electron chi connectivity index (χ3n) is 2.06. The smallest absolute Gasteiger partial charge is 0.211 e. The monoisotopic (exact) mass is 161 g/mol. The summed E-state index contributed by atoms with van der Waals surface area (Å²) < 4.78 is 25.6. The van der Waals surface area contributed by atoms with Gasteiger partial charge in [-0.05, 0) is 12.8 Å². The average molecular weight is 161 g/mol. The molecule has 1 rings (SSSR count). The van der Waals surface area contributed by atoms with Crippen molar-refractivity contribution < 1.29 is 13.6 Å². The summed E-state index contributed by atoms with van der Waals surface area (Å²) >= 11 is 0.